The lowest BCUT2D eigenvalue weighted by Gasteiger charge is -2.33. The van der Waals surface area contributed by atoms with Gasteiger partial charge >= 0.3 is 0 Å². The molecule has 1 aliphatic rings. The van der Waals surface area contributed by atoms with Crippen LogP contribution in [0.25, 0.3) is 10.2 Å². The Morgan fingerprint density at radius 1 is 1.10 bits per heavy atom. The number of benzene rings is 1. The molecule has 0 saturated carbocycles. The van der Waals surface area contributed by atoms with Crippen LogP contribution < -0.4 is 10.2 Å². The van der Waals surface area contributed by atoms with E-state index in [4.69, 9.17) is 0 Å². The van der Waals surface area contributed by atoms with Gasteiger partial charge in [-0.2, -0.15) is 0 Å². The topological polar surface area (TPSA) is 41.0 Å². The number of nitrogens with one attached hydrogen (secondary N) is 1. The third-order valence-electron chi connectivity index (χ3n) is 6.33. The van der Waals surface area contributed by atoms with Crippen LogP contribution in [0.4, 0.5) is 17.2 Å². The highest BCUT2D eigenvalue weighted by atomic mass is 32.1. The summed E-state index contributed by atoms with van der Waals surface area (Å²) in [6, 6.07) is 8.67. The monoisotopic (exact) mass is 408 g/mol. The first-order valence-corrected chi connectivity index (χ1v) is 11.6. The maximum atomic E-state index is 4.61. The summed E-state index contributed by atoms with van der Waals surface area (Å²) in [7, 11) is 0. The second-order valence-electron chi connectivity index (χ2n) is 9.06. The fourth-order valence-corrected chi connectivity index (χ4v) is 5.69. The quantitative estimate of drug-likeness (QED) is 0.528. The fraction of sp³-hybridized carbons (Fsp3) is 0.500. The summed E-state index contributed by atoms with van der Waals surface area (Å²) in [5.74, 6) is 1.68. The molecule has 0 amide bonds. The Bertz CT molecular complexity index is 981. The molecule has 29 heavy (non-hydrogen) atoms. The van der Waals surface area contributed by atoms with E-state index < -0.39 is 0 Å². The molecule has 5 heteroatoms. The predicted molar refractivity (Wildman–Crippen MR) is 126 cm³/mol. The van der Waals surface area contributed by atoms with E-state index in [9.17, 15) is 0 Å². The summed E-state index contributed by atoms with van der Waals surface area (Å²) in [4.78, 5) is 14.2. The molecule has 0 fully saturated rings. The van der Waals surface area contributed by atoms with E-state index in [1.54, 1.807) is 6.33 Å². The summed E-state index contributed by atoms with van der Waals surface area (Å²) in [5.41, 5.74) is 4.15. The van der Waals surface area contributed by atoms with Crippen molar-refractivity contribution in [2.75, 3.05) is 23.3 Å². The zero-order valence-corrected chi connectivity index (χ0v) is 19.1. The molecule has 1 aromatic carbocycles. The highest BCUT2D eigenvalue weighted by Crippen LogP contribution is 2.44. The number of hydrogen-bond acceptors (Lipinski definition) is 5. The minimum atomic E-state index is 0.354. The minimum Gasteiger partial charge on any atom is -0.372 e. The number of rotatable bonds is 5. The molecule has 0 spiro atoms. The number of anilines is 3. The van der Waals surface area contributed by atoms with Gasteiger partial charge in [-0.25, -0.2) is 9.97 Å². The first-order chi connectivity index (χ1) is 13.9. The molecular formula is C24H32N4S. The van der Waals surface area contributed by atoms with Gasteiger partial charge in [0.25, 0.3) is 0 Å². The molecule has 1 aliphatic carbocycles. The van der Waals surface area contributed by atoms with Gasteiger partial charge in [0, 0.05) is 29.3 Å². The van der Waals surface area contributed by atoms with Crippen molar-refractivity contribution in [2.45, 2.75) is 53.9 Å². The van der Waals surface area contributed by atoms with Crippen molar-refractivity contribution in [1.82, 2.24) is 9.97 Å². The summed E-state index contributed by atoms with van der Waals surface area (Å²) < 4.78 is 0. The van der Waals surface area contributed by atoms with E-state index >= 15 is 0 Å². The molecule has 3 aromatic rings. The second kappa shape index (κ2) is 7.94. The van der Waals surface area contributed by atoms with E-state index in [1.807, 2.05) is 11.3 Å². The van der Waals surface area contributed by atoms with Crippen molar-refractivity contribution in [1.29, 1.82) is 0 Å². The molecule has 2 aromatic heterocycles. The molecule has 1 atom stereocenters. The fourth-order valence-electron chi connectivity index (χ4n) is 4.43. The Hall–Kier alpha value is -2.14. The number of fused-ring (bicyclic) bond motifs is 3. The molecule has 4 rings (SSSR count). The average Bonchev–Trinajstić information content (AvgIpc) is 3.08. The normalized spacial score (nSPS) is 16.7. The number of aromatic nitrogens is 2. The first kappa shape index (κ1) is 20.1. The molecule has 0 saturated heterocycles. The molecule has 1 unspecified atom stereocenters. The summed E-state index contributed by atoms with van der Waals surface area (Å²) in [5, 5.41) is 4.79. The van der Waals surface area contributed by atoms with Crippen LogP contribution in [0.5, 0.6) is 0 Å². The van der Waals surface area contributed by atoms with Gasteiger partial charge in [-0.05, 0) is 74.3 Å². The Balaban J connectivity index is 1.63. The molecule has 154 valence electrons. The van der Waals surface area contributed by atoms with Crippen LogP contribution in [0.15, 0.2) is 30.6 Å². The van der Waals surface area contributed by atoms with E-state index in [0.717, 1.165) is 48.2 Å². The van der Waals surface area contributed by atoms with Gasteiger partial charge in [-0.3, -0.25) is 0 Å². The van der Waals surface area contributed by atoms with Gasteiger partial charge in [0.05, 0.1) is 5.39 Å². The number of nitrogens with zero attached hydrogens (tertiary/aromatic N) is 3. The van der Waals surface area contributed by atoms with Crippen LogP contribution in [0.3, 0.4) is 0 Å². The Labute approximate surface area is 178 Å². The molecule has 0 bridgehead atoms. The molecule has 0 aliphatic heterocycles. The van der Waals surface area contributed by atoms with Gasteiger partial charge in [0.1, 0.15) is 17.0 Å². The van der Waals surface area contributed by atoms with Crippen molar-refractivity contribution < 1.29 is 0 Å². The van der Waals surface area contributed by atoms with Gasteiger partial charge in [-0.15, -0.1) is 11.3 Å². The standard InChI is InChI=1S/C24H32N4S/c1-6-28(7-2)18-11-9-17(10-12-18)27-22-21-19-13-8-16(24(3,4)5)14-20(19)29-23(21)26-15-25-22/h9-12,15-16H,6-8,13-14H2,1-5H3,(H,25,26,27). The van der Waals surface area contributed by atoms with Crippen molar-refractivity contribution in [3.8, 4) is 0 Å². The van der Waals surface area contributed by atoms with Gasteiger partial charge in [-0.1, -0.05) is 20.8 Å². The number of aryl methyl sites for hydroxylation is 1. The van der Waals surface area contributed by atoms with Crippen LogP contribution in [-0.4, -0.2) is 23.1 Å². The van der Waals surface area contributed by atoms with Crippen molar-refractivity contribution in [3.63, 3.8) is 0 Å². The smallest absolute Gasteiger partial charge is 0.142 e. The Kier molecular flexibility index (Phi) is 5.52. The third-order valence-corrected chi connectivity index (χ3v) is 7.49. The highest BCUT2D eigenvalue weighted by Gasteiger charge is 2.31. The SMILES string of the molecule is CCN(CC)c1ccc(Nc2ncnc3sc4c(c23)CCC(C(C)(C)C)C4)cc1. The lowest BCUT2D eigenvalue weighted by molar-refractivity contribution is 0.218. The zero-order chi connectivity index (χ0) is 20.6. The van der Waals surface area contributed by atoms with E-state index in [0.29, 0.717) is 5.41 Å². The van der Waals surface area contributed by atoms with E-state index in [1.165, 1.54) is 27.9 Å². The Morgan fingerprint density at radius 2 is 1.83 bits per heavy atom. The van der Waals surface area contributed by atoms with Crippen LogP contribution in [0, 0.1) is 11.3 Å². The lowest BCUT2D eigenvalue weighted by Crippen LogP contribution is -2.26. The van der Waals surface area contributed by atoms with Crippen LogP contribution >= 0.6 is 11.3 Å². The Morgan fingerprint density at radius 3 is 2.48 bits per heavy atom. The summed E-state index contributed by atoms with van der Waals surface area (Å²) in [6.07, 6.45) is 5.23. The first-order valence-electron chi connectivity index (χ1n) is 10.8. The number of thiophene rings is 1. The highest BCUT2D eigenvalue weighted by molar-refractivity contribution is 7.19. The third kappa shape index (κ3) is 3.97. The second-order valence-corrected chi connectivity index (χ2v) is 10.1. The molecule has 1 N–H and O–H groups in total. The molecule has 2 heterocycles. The average molecular weight is 409 g/mol. The van der Waals surface area contributed by atoms with Crippen molar-refractivity contribution in [2.24, 2.45) is 11.3 Å². The summed E-state index contributed by atoms with van der Waals surface area (Å²) >= 11 is 1.86. The van der Waals surface area contributed by atoms with Crippen LogP contribution in [0.1, 0.15) is 51.5 Å². The largest absolute Gasteiger partial charge is 0.372 e. The van der Waals surface area contributed by atoms with Crippen LogP contribution in [0.2, 0.25) is 0 Å². The lowest BCUT2D eigenvalue weighted by atomic mass is 9.72. The van der Waals surface area contributed by atoms with Gasteiger partial charge in [0.15, 0.2) is 0 Å². The zero-order valence-electron chi connectivity index (χ0n) is 18.2. The minimum absolute atomic E-state index is 0.354. The molecule has 4 nitrogen and oxygen atoms in total. The van der Waals surface area contributed by atoms with Gasteiger partial charge in [0.2, 0.25) is 0 Å². The number of hydrogen-bond donors (Lipinski definition) is 1. The summed E-state index contributed by atoms with van der Waals surface area (Å²) in [6.45, 7) is 13.5. The molecular weight excluding hydrogens is 376 g/mol. The predicted octanol–water partition coefficient (Wildman–Crippen LogP) is 6.43. The van der Waals surface area contributed by atoms with E-state index in [-0.39, 0.29) is 0 Å². The maximum Gasteiger partial charge on any atom is 0.142 e. The maximum absolute atomic E-state index is 4.61. The van der Waals surface area contributed by atoms with Crippen molar-refractivity contribution in [3.05, 3.63) is 41.0 Å². The van der Waals surface area contributed by atoms with Crippen LogP contribution in [-0.2, 0) is 12.8 Å². The molecule has 0 radical (unpaired) electrons. The van der Waals surface area contributed by atoms with E-state index in [2.05, 4.69) is 79.1 Å². The van der Waals surface area contributed by atoms with Crippen molar-refractivity contribution >= 4 is 38.7 Å². The van der Waals surface area contributed by atoms with Gasteiger partial charge < -0.3 is 10.2 Å².